The van der Waals surface area contributed by atoms with E-state index >= 15 is 0 Å². The number of nitrogens with zero attached hydrogens (tertiary/aromatic N) is 2. The molecule has 3 rings (SSSR count). The molecular formula is C22H35N3O4S. The van der Waals surface area contributed by atoms with Gasteiger partial charge in [0.2, 0.25) is 5.91 Å². The molecule has 30 heavy (non-hydrogen) atoms. The molecule has 2 aliphatic rings. The van der Waals surface area contributed by atoms with Crippen molar-refractivity contribution in [1.82, 2.24) is 13.9 Å². The Labute approximate surface area is 180 Å². The fourth-order valence-electron chi connectivity index (χ4n) is 4.20. The molecule has 0 spiro atoms. The molecule has 0 aliphatic carbocycles. The Kier molecular flexibility index (Phi) is 8.53. The standard InChI is InChI=1S/C22H35N3O4S/c1-2-29-21-11-9-19(10-12-21)13-14-23-22(26)20-8-7-17-25(18-20)30(27,28)24-15-5-3-4-6-16-24/h9-12,20H,2-8,13-18H2,1H3,(H,23,26)/t20-/m0/s1. The Morgan fingerprint density at radius 1 is 1.03 bits per heavy atom. The first-order valence-corrected chi connectivity index (χ1v) is 12.6. The molecule has 168 valence electrons. The Bertz CT molecular complexity index is 774. The van der Waals surface area contributed by atoms with E-state index in [2.05, 4.69) is 5.32 Å². The van der Waals surface area contributed by atoms with Crippen molar-refractivity contribution in [2.45, 2.75) is 51.9 Å². The molecule has 2 heterocycles. The third-order valence-corrected chi connectivity index (χ3v) is 7.92. The van der Waals surface area contributed by atoms with E-state index in [1.807, 2.05) is 31.2 Å². The van der Waals surface area contributed by atoms with Gasteiger partial charge < -0.3 is 10.1 Å². The van der Waals surface area contributed by atoms with Crippen LogP contribution in [0, 0.1) is 5.92 Å². The lowest BCUT2D eigenvalue weighted by Gasteiger charge is -2.34. The highest BCUT2D eigenvalue weighted by Gasteiger charge is 2.35. The predicted molar refractivity (Wildman–Crippen MR) is 118 cm³/mol. The maximum Gasteiger partial charge on any atom is 0.281 e. The maximum atomic E-state index is 13.0. The van der Waals surface area contributed by atoms with Gasteiger partial charge in [0.25, 0.3) is 10.2 Å². The highest BCUT2D eigenvalue weighted by atomic mass is 32.2. The Morgan fingerprint density at radius 2 is 1.70 bits per heavy atom. The van der Waals surface area contributed by atoms with Crippen LogP contribution in [0.25, 0.3) is 0 Å². The van der Waals surface area contributed by atoms with Gasteiger partial charge in [0.15, 0.2) is 0 Å². The summed E-state index contributed by atoms with van der Waals surface area (Å²) in [4.78, 5) is 12.7. The van der Waals surface area contributed by atoms with Gasteiger partial charge >= 0.3 is 0 Å². The minimum absolute atomic E-state index is 0.0447. The van der Waals surface area contributed by atoms with Crippen molar-refractivity contribution in [2.75, 3.05) is 39.3 Å². The van der Waals surface area contributed by atoms with Crippen LogP contribution in [-0.4, -0.2) is 62.3 Å². The van der Waals surface area contributed by atoms with E-state index in [9.17, 15) is 13.2 Å². The number of carbonyl (C=O) groups excluding carboxylic acids is 1. The summed E-state index contributed by atoms with van der Waals surface area (Å²) in [5.41, 5.74) is 1.13. The average molecular weight is 438 g/mol. The third-order valence-electron chi connectivity index (χ3n) is 5.92. The molecule has 1 atom stereocenters. The molecule has 2 fully saturated rings. The second-order valence-electron chi connectivity index (χ2n) is 8.14. The van der Waals surface area contributed by atoms with Crippen molar-refractivity contribution in [3.8, 4) is 5.75 Å². The number of hydrogen-bond acceptors (Lipinski definition) is 4. The van der Waals surface area contributed by atoms with Crippen molar-refractivity contribution < 1.29 is 17.9 Å². The number of nitrogens with one attached hydrogen (secondary N) is 1. The Morgan fingerprint density at radius 3 is 2.37 bits per heavy atom. The summed E-state index contributed by atoms with van der Waals surface area (Å²) >= 11 is 0. The first-order chi connectivity index (χ1) is 14.5. The molecular weight excluding hydrogens is 402 g/mol. The zero-order valence-corrected chi connectivity index (χ0v) is 18.8. The molecule has 1 aromatic rings. The summed E-state index contributed by atoms with van der Waals surface area (Å²) < 4.78 is 34.7. The molecule has 0 unspecified atom stereocenters. The molecule has 1 N–H and O–H groups in total. The SMILES string of the molecule is CCOc1ccc(CCNC(=O)[C@H]2CCCN(S(=O)(=O)N3CCCCCC3)C2)cc1. The van der Waals surface area contributed by atoms with Crippen LogP contribution < -0.4 is 10.1 Å². The predicted octanol–water partition coefficient (Wildman–Crippen LogP) is 2.58. The van der Waals surface area contributed by atoms with Gasteiger partial charge in [-0.15, -0.1) is 0 Å². The van der Waals surface area contributed by atoms with Crippen LogP contribution in [0.1, 0.15) is 51.0 Å². The molecule has 2 saturated heterocycles. The molecule has 0 aromatic heterocycles. The number of benzene rings is 1. The van der Waals surface area contributed by atoms with E-state index in [1.54, 1.807) is 4.31 Å². The van der Waals surface area contributed by atoms with Crippen LogP contribution in [0.4, 0.5) is 0 Å². The van der Waals surface area contributed by atoms with Gasteiger partial charge in [-0.25, -0.2) is 0 Å². The lowest BCUT2D eigenvalue weighted by atomic mass is 9.99. The number of amides is 1. The summed E-state index contributed by atoms with van der Waals surface area (Å²) in [5.74, 6) is 0.524. The van der Waals surface area contributed by atoms with Crippen LogP contribution in [0.15, 0.2) is 24.3 Å². The van der Waals surface area contributed by atoms with Gasteiger partial charge in [0, 0.05) is 32.7 Å². The van der Waals surface area contributed by atoms with Crippen LogP contribution in [-0.2, 0) is 21.4 Å². The smallest absolute Gasteiger partial charge is 0.281 e. The molecule has 8 heteroatoms. The monoisotopic (exact) mass is 437 g/mol. The second kappa shape index (κ2) is 11.1. The number of rotatable bonds is 8. The molecule has 0 bridgehead atoms. The molecule has 0 radical (unpaired) electrons. The number of carbonyl (C=O) groups is 1. The van der Waals surface area contributed by atoms with Crippen molar-refractivity contribution in [3.63, 3.8) is 0 Å². The summed E-state index contributed by atoms with van der Waals surface area (Å²) in [6.45, 7) is 5.12. The molecule has 0 saturated carbocycles. The van der Waals surface area contributed by atoms with Gasteiger partial charge in [0.05, 0.1) is 12.5 Å². The quantitative estimate of drug-likeness (QED) is 0.678. The van der Waals surface area contributed by atoms with Gasteiger partial charge in [-0.3, -0.25) is 4.79 Å². The molecule has 7 nitrogen and oxygen atoms in total. The van der Waals surface area contributed by atoms with E-state index in [0.29, 0.717) is 32.8 Å². The highest BCUT2D eigenvalue weighted by molar-refractivity contribution is 7.86. The van der Waals surface area contributed by atoms with E-state index in [1.165, 1.54) is 4.31 Å². The molecule has 2 aliphatic heterocycles. The van der Waals surface area contributed by atoms with Crippen molar-refractivity contribution in [2.24, 2.45) is 5.92 Å². The van der Waals surface area contributed by atoms with Crippen molar-refractivity contribution >= 4 is 16.1 Å². The zero-order chi connectivity index (χ0) is 21.4. The minimum atomic E-state index is -3.47. The minimum Gasteiger partial charge on any atom is -0.494 e. The summed E-state index contributed by atoms with van der Waals surface area (Å²) in [6, 6.07) is 7.89. The lowest BCUT2D eigenvalue weighted by molar-refractivity contribution is -0.126. The summed E-state index contributed by atoms with van der Waals surface area (Å²) in [5, 5.41) is 3.00. The van der Waals surface area contributed by atoms with E-state index in [0.717, 1.165) is 56.3 Å². The van der Waals surface area contributed by atoms with E-state index in [4.69, 9.17) is 4.74 Å². The number of ether oxygens (including phenoxy) is 1. The van der Waals surface area contributed by atoms with Gasteiger partial charge in [-0.05, 0) is 56.7 Å². The molecule has 1 amide bonds. The Balaban J connectivity index is 1.48. The van der Waals surface area contributed by atoms with Crippen LogP contribution >= 0.6 is 0 Å². The summed E-state index contributed by atoms with van der Waals surface area (Å²) in [6.07, 6.45) is 6.22. The fourth-order valence-corrected chi connectivity index (χ4v) is 5.97. The fraction of sp³-hybridized carbons (Fsp3) is 0.682. The Hall–Kier alpha value is -1.64. The number of hydrogen-bond donors (Lipinski definition) is 1. The molecule has 1 aromatic carbocycles. The van der Waals surface area contributed by atoms with E-state index in [-0.39, 0.29) is 18.4 Å². The topological polar surface area (TPSA) is 79.0 Å². The number of piperidine rings is 1. The normalized spacial score (nSPS) is 21.7. The average Bonchev–Trinajstić information content (AvgIpc) is 3.05. The zero-order valence-electron chi connectivity index (χ0n) is 18.0. The first-order valence-electron chi connectivity index (χ1n) is 11.3. The van der Waals surface area contributed by atoms with Gasteiger partial charge in [0.1, 0.15) is 5.75 Å². The van der Waals surface area contributed by atoms with Crippen LogP contribution in [0.5, 0.6) is 5.75 Å². The van der Waals surface area contributed by atoms with Gasteiger partial charge in [-0.2, -0.15) is 17.0 Å². The van der Waals surface area contributed by atoms with Gasteiger partial charge in [-0.1, -0.05) is 25.0 Å². The first kappa shape index (κ1) is 23.0. The van der Waals surface area contributed by atoms with Crippen molar-refractivity contribution in [1.29, 1.82) is 0 Å². The van der Waals surface area contributed by atoms with E-state index < -0.39 is 10.2 Å². The highest BCUT2D eigenvalue weighted by Crippen LogP contribution is 2.23. The third kappa shape index (κ3) is 6.18. The second-order valence-corrected chi connectivity index (χ2v) is 10.1. The van der Waals surface area contributed by atoms with Crippen molar-refractivity contribution in [3.05, 3.63) is 29.8 Å². The summed E-state index contributed by atoms with van der Waals surface area (Å²) in [7, 11) is -3.47. The maximum absolute atomic E-state index is 13.0. The lowest BCUT2D eigenvalue weighted by Crippen LogP contribution is -2.50. The van der Waals surface area contributed by atoms with Crippen LogP contribution in [0.3, 0.4) is 0 Å². The largest absolute Gasteiger partial charge is 0.494 e. The van der Waals surface area contributed by atoms with Crippen LogP contribution in [0.2, 0.25) is 0 Å².